The molecule has 0 spiro atoms. The number of ether oxygens (including phenoxy) is 1. The molecule has 3 amide bonds. The molecule has 1 fully saturated rings. The minimum absolute atomic E-state index is 0.0139. The van der Waals surface area contributed by atoms with Gasteiger partial charge in [-0.2, -0.15) is 0 Å². The van der Waals surface area contributed by atoms with Gasteiger partial charge in [-0.25, -0.2) is 4.79 Å². The molecule has 0 atom stereocenters. The number of nitrogens with zero attached hydrogens (tertiary/aromatic N) is 2. The number of nitrogens with one attached hydrogen (secondary N) is 1. The first-order chi connectivity index (χ1) is 14.1. The van der Waals surface area contributed by atoms with Crippen LogP contribution in [0.15, 0.2) is 24.3 Å². The van der Waals surface area contributed by atoms with Gasteiger partial charge in [-0.1, -0.05) is 29.8 Å². The lowest BCUT2D eigenvalue weighted by Crippen LogP contribution is -2.39. The number of alkyl carbamates (subject to hydrolysis) is 1. The highest BCUT2D eigenvalue weighted by Gasteiger charge is 2.22. The van der Waals surface area contributed by atoms with Gasteiger partial charge in [0.2, 0.25) is 11.8 Å². The highest BCUT2D eigenvalue weighted by Crippen LogP contribution is 2.11. The molecule has 0 aromatic heterocycles. The Bertz CT molecular complexity index is 725. The lowest BCUT2D eigenvalue weighted by atomic mass is 10.1. The van der Waals surface area contributed by atoms with Gasteiger partial charge in [0.15, 0.2) is 0 Å². The van der Waals surface area contributed by atoms with Crippen LogP contribution in [0.3, 0.4) is 0 Å². The first-order valence-electron chi connectivity index (χ1n) is 10.7. The van der Waals surface area contributed by atoms with Crippen LogP contribution in [-0.2, 0) is 20.7 Å². The minimum Gasteiger partial charge on any atom is -0.444 e. The van der Waals surface area contributed by atoms with Crippen LogP contribution in [0, 0.1) is 6.92 Å². The molecule has 2 rings (SSSR count). The van der Waals surface area contributed by atoms with Gasteiger partial charge in [0, 0.05) is 45.6 Å². The van der Waals surface area contributed by atoms with E-state index in [-0.39, 0.29) is 24.8 Å². The Morgan fingerprint density at radius 2 is 1.50 bits per heavy atom. The fourth-order valence-electron chi connectivity index (χ4n) is 3.32. The molecular weight excluding hydrogens is 382 g/mol. The zero-order chi connectivity index (χ0) is 22.1. The summed E-state index contributed by atoms with van der Waals surface area (Å²) in [6, 6.07) is 8.26. The topological polar surface area (TPSA) is 79.0 Å². The predicted octanol–water partition coefficient (Wildman–Crippen LogP) is 2.90. The van der Waals surface area contributed by atoms with Gasteiger partial charge in [0.05, 0.1) is 0 Å². The Labute approximate surface area is 179 Å². The number of hydrogen-bond donors (Lipinski definition) is 1. The van der Waals surface area contributed by atoms with Crippen LogP contribution >= 0.6 is 0 Å². The van der Waals surface area contributed by atoms with Crippen LogP contribution in [0.4, 0.5) is 4.79 Å². The van der Waals surface area contributed by atoms with Crippen molar-refractivity contribution >= 4 is 17.9 Å². The SMILES string of the molecule is Cc1ccc(CCC(=O)N2CCCN(C(=O)CCNC(=O)OC(C)(C)C)CC2)cc1. The molecule has 0 unspecified atom stereocenters. The first-order valence-corrected chi connectivity index (χ1v) is 10.7. The van der Waals surface area contributed by atoms with Gasteiger partial charge in [-0.15, -0.1) is 0 Å². The van der Waals surface area contributed by atoms with Crippen LogP contribution < -0.4 is 5.32 Å². The molecule has 1 N–H and O–H groups in total. The smallest absolute Gasteiger partial charge is 0.407 e. The fourth-order valence-corrected chi connectivity index (χ4v) is 3.32. The van der Waals surface area contributed by atoms with Crippen molar-refractivity contribution in [1.82, 2.24) is 15.1 Å². The molecule has 1 aliphatic heterocycles. The van der Waals surface area contributed by atoms with Crippen LogP contribution in [0.25, 0.3) is 0 Å². The van der Waals surface area contributed by atoms with E-state index in [4.69, 9.17) is 4.74 Å². The highest BCUT2D eigenvalue weighted by molar-refractivity contribution is 5.78. The van der Waals surface area contributed by atoms with Crippen molar-refractivity contribution in [1.29, 1.82) is 0 Å². The second kappa shape index (κ2) is 11.0. The molecule has 0 bridgehead atoms. The van der Waals surface area contributed by atoms with E-state index >= 15 is 0 Å². The average molecular weight is 418 g/mol. The summed E-state index contributed by atoms with van der Waals surface area (Å²) in [7, 11) is 0. The quantitative estimate of drug-likeness (QED) is 0.772. The molecule has 1 aliphatic rings. The van der Waals surface area contributed by atoms with Crippen molar-refractivity contribution in [3.8, 4) is 0 Å². The summed E-state index contributed by atoms with van der Waals surface area (Å²) < 4.78 is 5.17. The fraction of sp³-hybridized carbons (Fsp3) is 0.609. The number of aryl methyl sites for hydroxylation is 2. The molecule has 1 aromatic carbocycles. The number of rotatable bonds is 6. The summed E-state index contributed by atoms with van der Waals surface area (Å²) in [6.45, 7) is 10.1. The van der Waals surface area contributed by atoms with E-state index in [1.807, 2.05) is 11.8 Å². The maximum atomic E-state index is 12.6. The van der Waals surface area contributed by atoms with Gasteiger partial charge in [-0.05, 0) is 46.1 Å². The van der Waals surface area contributed by atoms with Crippen molar-refractivity contribution in [2.45, 2.75) is 59.0 Å². The van der Waals surface area contributed by atoms with Crippen molar-refractivity contribution in [2.75, 3.05) is 32.7 Å². The van der Waals surface area contributed by atoms with Gasteiger partial charge in [-0.3, -0.25) is 9.59 Å². The second-order valence-corrected chi connectivity index (χ2v) is 8.78. The Kier molecular flexibility index (Phi) is 8.69. The Balaban J connectivity index is 1.71. The van der Waals surface area contributed by atoms with Gasteiger partial charge in [0.25, 0.3) is 0 Å². The summed E-state index contributed by atoms with van der Waals surface area (Å²) in [5, 5.41) is 2.61. The van der Waals surface area contributed by atoms with E-state index in [0.29, 0.717) is 32.6 Å². The minimum atomic E-state index is -0.561. The molecule has 30 heavy (non-hydrogen) atoms. The zero-order valence-corrected chi connectivity index (χ0v) is 18.7. The van der Waals surface area contributed by atoms with E-state index in [1.54, 1.807) is 25.7 Å². The number of carbonyl (C=O) groups is 3. The number of benzene rings is 1. The van der Waals surface area contributed by atoms with E-state index < -0.39 is 11.7 Å². The Hall–Kier alpha value is -2.57. The van der Waals surface area contributed by atoms with Crippen LogP contribution in [0.1, 0.15) is 51.2 Å². The molecule has 1 saturated heterocycles. The van der Waals surface area contributed by atoms with Crippen molar-refractivity contribution in [3.05, 3.63) is 35.4 Å². The maximum absolute atomic E-state index is 12.6. The second-order valence-electron chi connectivity index (χ2n) is 8.78. The normalized spacial score (nSPS) is 14.8. The molecular formula is C23H35N3O4. The summed E-state index contributed by atoms with van der Waals surface area (Å²) in [6.07, 6.45) is 1.68. The molecule has 0 aliphatic carbocycles. The third-order valence-corrected chi connectivity index (χ3v) is 4.96. The van der Waals surface area contributed by atoms with Crippen LogP contribution in [0.5, 0.6) is 0 Å². The summed E-state index contributed by atoms with van der Waals surface area (Å²) >= 11 is 0. The van der Waals surface area contributed by atoms with E-state index in [0.717, 1.165) is 18.4 Å². The largest absolute Gasteiger partial charge is 0.444 e. The molecule has 0 saturated carbocycles. The highest BCUT2D eigenvalue weighted by atomic mass is 16.6. The molecule has 1 aromatic rings. The third kappa shape index (κ3) is 8.43. The monoisotopic (exact) mass is 417 g/mol. The number of carbonyl (C=O) groups excluding carboxylic acids is 3. The Morgan fingerprint density at radius 1 is 0.933 bits per heavy atom. The molecule has 7 heteroatoms. The lowest BCUT2D eigenvalue weighted by Gasteiger charge is -2.23. The third-order valence-electron chi connectivity index (χ3n) is 4.96. The van der Waals surface area contributed by atoms with Gasteiger partial charge in [0.1, 0.15) is 5.60 Å². The standard InChI is InChI=1S/C23H35N3O4/c1-18-6-8-19(9-7-18)10-11-20(27)25-14-5-15-26(17-16-25)21(28)12-13-24-22(29)30-23(2,3)4/h6-9H,5,10-17H2,1-4H3,(H,24,29). The Morgan fingerprint density at radius 3 is 2.07 bits per heavy atom. The van der Waals surface area contributed by atoms with E-state index in [1.165, 1.54) is 5.56 Å². The van der Waals surface area contributed by atoms with Crippen LogP contribution in [-0.4, -0.2) is 66.0 Å². The van der Waals surface area contributed by atoms with E-state index in [2.05, 4.69) is 29.6 Å². The van der Waals surface area contributed by atoms with E-state index in [9.17, 15) is 14.4 Å². The summed E-state index contributed by atoms with van der Waals surface area (Å²) in [4.78, 5) is 40.4. The molecule has 166 valence electrons. The number of hydrogen-bond acceptors (Lipinski definition) is 4. The van der Waals surface area contributed by atoms with Crippen molar-refractivity contribution in [3.63, 3.8) is 0 Å². The number of amides is 3. The molecule has 0 radical (unpaired) electrons. The molecule has 1 heterocycles. The van der Waals surface area contributed by atoms with Crippen molar-refractivity contribution in [2.24, 2.45) is 0 Å². The molecule has 7 nitrogen and oxygen atoms in total. The van der Waals surface area contributed by atoms with Gasteiger partial charge >= 0.3 is 6.09 Å². The average Bonchev–Trinajstić information content (AvgIpc) is 2.92. The summed E-state index contributed by atoms with van der Waals surface area (Å²) in [5.74, 6) is 0.122. The predicted molar refractivity (Wildman–Crippen MR) is 116 cm³/mol. The van der Waals surface area contributed by atoms with Crippen LogP contribution in [0.2, 0.25) is 0 Å². The maximum Gasteiger partial charge on any atom is 0.407 e. The zero-order valence-electron chi connectivity index (χ0n) is 18.7. The first kappa shape index (κ1) is 23.7. The van der Waals surface area contributed by atoms with Gasteiger partial charge < -0.3 is 19.9 Å². The summed E-state index contributed by atoms with van der Waals surface area (Å²) in [5.41, 5.74) is 1.82. The lowest BCUT2D eigenvalue weighted by molar-refractivity contribution is -0.133. The van der Waals surface area contributed by atoms with Crippen molar-refractivity contribution < 1.29 is 19.1 Å².